The average molecular weight is 480 g/mol. The minimum atomic E-state index is -0.875. The Bertz CT molecular complexity index is 1220. The van der Waals surface area contributed by atoms with E-state index in [0.717, 1.165) is 11.1 Å². The summed E-state index contributed by atoms with van der Waals surface area (Å²) in [5, 5.41) is 18.3. The summed E-state index contributed by atoms with van der Waals surface area (Å²) in [5.74, 6) is 0.110. The molecule has 3 aromatic rings. The zero-order valence-electron chi connectivity index (χ0n) is 19.9. The molecule has 0 aromatic heterocycles. The van der Waals surface area contributed by atoms with Crippen LogP contribution < -0.4 is 37.0 Å². The third kappa shape index (κ3) is 5.98. The summed E-state index contributed by atoms with van der Waals surface area (Å²) in [6, 6.07) is 14.5. The Morgan fingerprint density at radius 2 is 1.83 bits per heavy atom. The van der Waals surface area contributed by atoms with Crippen LogP contribution in [0.2, 0.25) is 0 Å². The molecule has 3 rings (SSSR count). The lowest BCUT2D eigenvalue weighted by Gasteiger charge is -2.23. The monoisotopic (exact) mass is 479 g/mol. The molecule has 184 valence electrons. The van der Waals surface area contributed by atoms with Gasteiger partial charge in [0.15, 0.2) is 11.5 Å². The summed E-state index contributed by atoms with van der Waals surface area (Å²) >= 11 is 0. The summed E-state index contributed by atoms with van der Waals surface area (Å²) < 4.78 is 25.8. The van der Waals surface area contributed by atoms with Gasteiger partial charge in [-0.15, -0.1) is 0 Å². The standard InChI is InChI=1S/C25H30FN7O2/c1-30-14-16-10-17(9-8-15(16)13-27)31-24(18-11-22(34-2)23(35-3)12-19(18)26)25(29)33-32-21-7-5-4-6-20(21)28/h4-13,24,27,30-32H,14,28H2,1-3H3,(H2,29,33). The van der Waals surface area contributed by atoms with Gasteiger partial charge in [0.05, 0.1) is 25.6 Å². The molecule has 10 heteroatoms. The highest BCUT2D eigenvalue weighted by molar-refractivity contribution is 5.91. The van der Waals surface area contributed by atoms with E-state index in [0.29, 0.717) is 29.4 Å². The Balaban J connectivity index is 2.05. The Kier molecular flexibility index (Phi) is 8.47. The fraction of sp³-hybridized carbons (Fsp3) is 0.200. The predicted octanol–water partition coefficient (Wildman–Crippen LogP) is 3.68. The molecule has 3 aromatic carbocycles. The number of nitrogen functional groups attached to an aromatic ring is 1. The summed E-state index contributed by atoms with van der Waals surface area (Å²) in [7, 11) is 4.73. The largest absolute Gasteiger partial charge is 0.493 e. The minimum Gasteiger partial charge on any atom is -0.493 e. The van der Waals surface area contributed by atoms with Crippen molar-refractivity contribution in [3.05, 3.63) is 77.1 Å². The molecule has 8 N–H and O–H groups in total. The molecule has 9 nitrogen and oxygen atoms in total. The van der Waals surface area contributed by atoms with Crippen LogP contribution in [-0.4, -0.2) is 33.3 Å². The van der Waals surface area contributed by atoms with Crippen molar-refractivity contribution in [2.24, 2.45) is 10.8 Å². The van der Waals surface area contributed by atoms with Crippen molar-refractivity contribution >= 4 is 29.1 Å². The molecular formula is C25H30FN7O2. The number of methoxy groups -OCH3 is 2. The molecule has 1 unspecified atom stereocenters. The quantitative estimate of drug-likeness (QED) is 0.107. The van der Waals surface area contributed by atoms with Gasteiger partial charge in [0, 0.05) is 30.1 Å². The van der Waals surface area contributed by atoms with E-state index in [-0.39, 0.29) is 17.1 Å². The van der Waals surface area contributed by atoms with Gasteiger partial charge >= 0.3 is 0 Å². The van der Waals surface area contributed by atoms with Gasteiger partial charge in [-0.05, 0) is 48.5 Å². The van der Waals surface area contributed by atoms with Crippen molar-refractivity contribution < 1.29 is 13.9 Å². The maximum absolute atomic E-state index is 15.2. The fourth-order valence-corrected chi connectivity index (χ4v) is 3.54. The smallest absolute Gasteiger partial charge is 0.163 e. The van der Waals surface area contributed by atoms with E-state index in [1.54, 1.807) is 30.3 Å². The van der Waals surface area contributed by atoms with E-state index < -0.39 is 11.9 Å². The predicted molar refractivity (Wildman–Crippen MR) is 139 cm³/mol. The molecule has 0 radical (unpaired) electrons. The second kappa shape index (κ2) is 11.7. The van der Waals surface area contributed by atoms with Crippen molar-refractivity contribution in [1.29, 1.82) is 5.41 Å². The van der Waals surface area contributed by atoms with Crippen molar-refractivity contribution in [3.8, 4) is 11.5 Å². The lowest BCUT2D eigenvalue weighted by Crippen LogP contribution is -2.30. The van der Waals surface area contributed by atoms with Gasteiger partial charge < -0.3 is 37.0 Å². The number of nitrogens with one attached hydrogen (secondary N) is 4. The Labute approximate surface area is 203 Å². The second-order valence-corrected chi connectivity index (χ2v) is 7.63. The van der Waals surface area contributed by atoms with Gasteiger partial charge in [-0.1, -0.05) is 18.2 Å². The molecule has 0 bridgehead atoms. The van der Waals surface area contributed by atoms with Crippen LogP contribution in [0.4, 0.5) is 21.5 Å². The minimum absolute atomic E-state index is 0.0608. The van der Waals surface area contributed by atoms with Crippen molar-refractivity contribution in [2.75, 3.05) is 37.7 Å². The molecule has 0 aliphatic rings. The van der Waals surface area contributed by atoms with Crippen LogP contribution >= 0.6 is 0 Å². The zero-order chi connectivity index (χ0) is 25.4. The van der Waals surface area contributed by atoms with Gasteiger partial charge in [-0.25, -0.2) is 4.39 Å². The first kappa shape index (κ1) is 25.3. The molecule has 0 fully saturated rings. The van der Waals surface area contributed by atoms with Crippen molar-refractivity contribution in [2.45, 2.75) is 12.6 Å². The van der Waals surface area contributed by atoms with Crippen LogP contribution in [0, 0.1) is 11.2 Å². The first-order chi connectivity index (χ1) is 16.9. The maximum atomic E-state index is 15.2. The van der Waals surface area contributed by atoms with Crippen molar-refractivity contribution in [1.82, 2.24) is 5.32 Å². The van der Waals surface area contributed by atoms with Crippen LogP contribution in [0.25, 0.3) is 0 Å². The number of hydrazone groups is 1. The Morgan fingerprint density at radius 1 is 1.11 bits per heavy atom. The molecule has 0 heterocycles. The number of benzene rings is 3. The number of rotatable bonds is 11. The third-order valence-corrected chi connectivity index (χ3v) is 5.35. The van der Waals surface area contributed by atoms with Gasteiger partial charge in [0.1, 0.15) is 17.7 Å². The molecule has 0 saturated heterocycles. The number of amidine groups is 1. The van der Waals surface area contributed by atoms with Crippen LogP contribution in [0.3, 0.4) is 0 Å². The highest BCUT2D eigenvalue weighted by atomic mass is 19.1. The first-order valence-electron chi connectivity index (χ1n) is 10.8. The van der Waals surface area contributed by atoms with Crippen LogP contribution in [0.5, 0.6) is 11.5 Å². The zero-order valence-corrected chi connectivity index (χ0v) is 19.9. The molecule has 0 amide bonds. The number of anilines is 3. The molecule has 0 saturated carbocycles. The van der Waals surface area contributed by atoms with Crippen molar-refractivity contribution in [3.63, 3.8) is 0 Å². The van der Waals surface area contributed by atoms with Gasteiger partial charge in [0.2, 0.25) is 0 Å². The van der Waals surface area contributed by atoms with E-state index >= 15 is 4.39 Å². The molecule has 0 aliphatic carbocycles. The second-order valence-electron chi connectivity index (χ2n) is 7.63. The molecule has 1 atom stereocenters. The number of nitrogens with two attached hydrogens (primary N) is 2. The highest BCUT2D eigenvalue weighted by Crippen LogP contribution is 2.34. The normalized spacial score (nSPS) is 12.1. The summed E-state index contributed by atoms with van der Waals surface area (Å²) in [6.07, 6.45) is 1.28. The SMILES string of the molecule is CNCc1cc(NC(/C(N)=N/Nc2ccccc2N)c2cc(OC)c(OC)cc2F)ccc1C=N. The summed E-state index contributed by atoms with van der Waals surface area (Å²) in [6.45, 7) is 0.550. The molecule has 0 spiro atoms. The third-order valence-electron chi connectivity index (χ3n) is 5.35. The molecular weight excluding hydrogens is 449 g/mol. The van der Waals surface area contributed by atoms with Crippen LogP contribution in [-0.2, 0) is 6.54 Å². The van der Waals surface area contributed by atoms with E-state index in [1.165, 1.54) is 32.6 Å². The Morgan fingerprint density at radius 3 is 2.49 bits per heavy atom. The number of ether oxygens (including phenoxy) is 2. The fourth-order valence-electron chi connectivity index (χ4n) is 3.54. The lowest BCUT2D eigenvalue weighted by molar-refractivity contribution is 0.351. The molecule has 0 aliphatic heterocycles. The topological polar surface area (TPSA) is 143 Å². The molecule has 35 heavy (non-hydrogen) atoms. The number of hydrogen-bond donors (Lipinski definition) is 6. The highest BCUT2D eigenvalue weighted by Gasteiger charge is 2.23. The maximum Gasteiger partial charge on any atom is 0.163 e. The van der Waals surface area contributed by atoms with E-state index in [4.69, 9.17) is 26.4 Å². The van der Waals surface area contributed by atoms with Gasteiger partial charge in [-0.2, -0.15) is 5.10 Å². The van der Waals surface area contributed by atoms with Gasteiger partial charge in [-0.3, -0.25) is 5.43 Å². The summed E-state index contributed by atoms with van der Waals surface area (Å²) in [4.78, 5) is 0. The van der Waals surface area contributed by atoms with Crippen LogP contribution in [0.15, 0.2) is 59.7 Å². The van der Waals surface area contributed by atoms with E-state index in [2.05, 4.69) is 21.2 Å². The Hall–Kier alpha value is -4.31. The summed E-state index contributed by atoms with van der Waals surface area (Å²) in [5.41, 5.74) is 18.8. The van der Waals surface area contributed by atoms with Gasteiger partial charge in [0.25, 0.3) is 0 Å². The lowest BCUT2D eigenvalue weighted by atomic mass is 10.0. The first-order valence-corrected chi connectivity index (χ1v) is 10.8. The average Bonchev–Trinajstić information content (AvgIpc) is 2.87. The number of hydrogen-bond acceptors (Lipinski definition) is 8. The van der Waals surface area contributed by atoms with Crippen LogP contribution in [0.1, 0.15) is 22.7 Å². The number of nitrogens with zero attached hydrogens (tertiary/aromatic N) is 1. The van der Waals surface area contributed by atoms with E-state index in [9.17, 15) is 0 Å². The van der Waals surface area contributed by atoms with E-state index in [1.807, 2.05) is 19.2 Å². The number of para-hydroxylation sites is 2. The number of halogens is 1.